The van der Waals surface area contributed by atoms with Crippen LogP contribution < -0.4 is 5.56 Å². The molecule has 1 aliphatic rings. The van der Waals surface area contributed by atoms with Crippen LogP contribution in [-0.2, 0) is 19.5 Å². The number of halogens is 1. The van der Waals surface area contributed by atoms with Crippen LogP contribution >= 0.6 is 11.6 Å². The second-order valence-corrected chi connectivity index (χ2v) is 7.60. The molecule has 4 nitrogen and oxygen atoms in total. The Morgan fingerprint density at radius 1 is 1.15 bits per heavy atom. The van der Waals surface area contributed by atoms with E-state index < -0.39 is 0 Å². The summed E-state index contributed by atoms with van der Waals surface area (Å²) in [5, 5.41) is 0.668. The molecule has 1 aromatic heterocycles. The smallest absolute Gasteiger partial charge is 0.255 e. The van der Waals surface area contributed by atoms with E-state index in [-0.39, 0.29) is 5.56 Å². The lowest BCUT2D eigenvalue weighted by molar-refractivity contribution is 0.241. The van der Waals surface area contributed by atoms with Gasteiger partial charge < -0.3 is 4.98 Å². The Morgan fingerprint density at radius 2 is 1.93 bits per heavy atom. The third-order valence-electron chi connectivity index (χ3n) is 5.38. The van der Waals surface area contributed by atoms with Gasteiger partial charge in [-0.25, -0.2) is 4.98 Å². The average molecular weight is 380 g/mol. The van der Waals surface area contributed by atoms with Crippen LogP contribution in [0.25, 0.3) is 11.4 Å². The zero-order valence-electron chi connectivity index (χ0n) is 15.6. The first-order valence-electron chi connectivity index (χ1n) is 9.17. The van der Waals surface area contributed by atoms with Crippen molar-refractivity contribution < 1.29 is 0 Å². The number of hydrogen-bond donors (Lipinski definition) is 1. The number of fused-ring (bicyclic) bond motifs is 1. The summed E-state index contributed by atoms with van der Waals surface area (Å²) in [5.74, 6) is 0.610. The van der Waals surface area contributed by atoms with Crippen LogP contribution in [0.15, 0.2) is 47.3 Å². The van der Waals surface area contributed by atoms with Crippen LogP contribution in [0, 0.1) is 13.8 Å². The molecular weight excluding hydrogens is 358 g/mol. The number of aromatic nitrogens is 2. The van der Waals surface area contributed by atoms with Crippen molar-refractivity contribution in [2.24, 2.45) is 0 Å². The Balaban J connectivity index is 1.59. The molecule has 5 heteroatoms. The van der Waals surface area contributed by atoms with Gasteiger partial charge in [-0.2, -0.15) is 0 Å². The minimum Gasteiger partial charge on any atom is -0.306 e. The van der Waals surface area contributed by atoms with Crippen LogP contribution in [0.1, 0.15) is 27.9 Å². The lowest BCUT2D eigenvalue weighted by Crippen LogP contribution is -2.35. The van der Waals surface area contributed by atoms with Gasteiger partial charge in [0, 0.05) is 36.6 Å². The van der Waals surface area contributed by atoms with E-state index in [9.17, 15) is 4.79 Å². The third-order valence-corrected chi connectivity index (χ3v) is 5.63. The summed E-state index contributed by atoms with van der Waals surface area (Å²) >= 11 is 5.95. The summed E-state index contributed by atoms with van der Waals surface area (Å²) in [4.78, 5) is 22.7. The van der Waals surface area contributed by atoms with E-state index in [1.54, 1.807) is 0 Å². The molecule has 3 aromatic rings. The second-order valence-electron chi connectivity index (χ2n) is 7.17. The maximum absolute atomic E-state index is 12.7. The molecular formula is C22H22ClN3O. The van der Waals surface area contributed by atoms with Crippen molar-refractivity contribution in [3.05, 3.63) is 85.8 Å². The van der Waals surface area contributed by atoms with E-state index in [4.69, 9.17) is 16.6 Å². The van der Waals surface area contributed by atoms with Gasteiger partial charge in [0.2, 0.25) is 0 Å². The fourth-order valence-corrected chi connectivity index (χ4v) is 3.71. The van der Waals surface area contributed by atoms with Crippen molar-refractivity contribution in [3.8, 4) is 11.4 Å². The monoisotopic (exact) mass is 379 g/mol. The molecule has 0 aliphatic carbocycles. The average Bonchev–Trinajstić information content (AvgIpc) is 2.66. The van der Waals surface area contributed by atoms with E-state index in [1.165, 1.54) is 16.7 Å². The summed E-state index contributed by atoms with van der Waals surface area (Å²) in [7, 11) is 0. The quantitative estimate of drug-likeness (QED) is 0.739. The van der Waals surface area contributed by atoms with Gasteiger partial charge in [-0.15, -0.1) is 0 Å². The molecule has 0 saturated heterocycles. The maximum atomic E-state index is 12.7. The highest BCUT2D eigenvalue weighted by atomic mass is 35.5. The molecule has 0 unspecified atom stereocenters. The van der Waals surface area contributed by atoms with Crippen LogP contribution in [0.5, 0.6) is 0 Å². The molecule has 2 heterocycles. The Labute approximate surface area is 163 Å². The lowest BCUT2D eigenvalue weighted by atomic mass is 10.0. The van der Waals surface area contributed by atoms with Gasteiger partial charge in [-0.1, -0.05) is 29.8 Å². The van der Waals surface area contributed by atoms with E-state index >= 15 is 0 Å². The summed E-state index contributed by atoms with van der Waals surface area (Å²) < 4.78 is 0. The van der Waals surface area contributed by atoms with Gasteiger partial charge in [0.25, 0.3) is 5.56 Å². The number of rotatable bonds is 3. The van der Waals surface area contributed by atoms with Gasteiger partial charge in [-0.05, 0) is 54.8 Å². The molecule has 0 amide bonds. The highest BCUT2D eigenvalue weighted by Gasteiger charge is 2.22. The molecule has 2 aromatic carbocycles. The third kappa shape index (κ3) is 3.68. The van der Waals surface area contributed by atoms with E-state index in [2.05, 4.69) is 41.9 Å². The van der Waals surface area contributed by atoms with Crippen molar-refractivity contribution >= 4 is 11.6 Å². The van der Waals surface area contributed by atoms with Crippen LogP contribution in [-0.4, -0.2) is 21.4 Å². The molecule has 1 aliphatic heterocycles. The second kappa shape index (κ2) is 7.29. The predicted octanol–water partition coefficient (Wildman–Crippen LogP) is 4.27. The zero-order chi connectivity index (χ0) is 19.0. The molecule has 0 fully saturated rings. The molecule has 0 spiro atoms. The fraction of sp³-hybridized carbons (Fsp3) is 0.273. The van der Waals surface area contributed by atoms with Crippen molar-refractivity contribution in [2.45, 2.75) is 33.4 Å². The van der Waals surface area contributed by atoms with Crippen LogP contribution in [0.2, 0.25) is 5.02 Å². The predicted molar refractivity (Wildman–Crippen MR) is 109 cm³/mol. The van der Waals surface area contributed by atoms with Crippen molar-refractivity contribution in [1.82, 2.24) is 14.9 Å². The summed E-state index contributed by atoms with van der Waals surface area (Å²) in [6.45, 7) is 6.68. The summed E-state index contributed by atoms with van der Waals surface area (Å²) in [6, 6.07) is 13.8. The van der Waals surface area contributed by atoms with Gasteiger partial charge >= 0.3 is 0 Å². The molecule has 0 atom stereocenters. The first-order valence-corrected chi connectivity index (χ1v) is 9.54. The lowest BCUT2D eigenvalue weighted by Gasteiger charge is -2.28. The molecule has 0 saturated carbocycles. The van der Waals surface area contributed by atoms with E-state index in [1.807, 2.05) is 24.3 Å². The minimum absolute atomic E-state index is 0.0457. The molecule has 138 valence electrons. The number of aryl methyl sites for hydroxylation is 1. The standard InChI is InChI=1S/C22H22ClN3O/c1-14-4-3-5-17(15(14)2)12-26-11-10-20-19(13-26)22(27)25-21(24-20)16-6-8-18(23)9-7-16/h3-9H,10-13H2,1-2H3,(H,24,25,27). The van der Waals surface area contributed by atoms with E-state index in [0.717, 1.165) is 36.3 Å². The Kier molecular flexibility index (Phi) is 4.85. The highest BCUT2D eigenvalue weighted by molar-refractivity contribution is 6.30. The van der Waals surface area contributed by atoms with Crippen molar-refractivity contribution in [1.29, 1.82) is 0 Å². The number of H-pyrrole nitrogens is 1. The minimum atomic E-state index is -0.0457. The Hall–Kier alpha value is -2.43. The molecule has 0 bridgehead atoms. The fourth-order valence-electron chi connectivity index (χ4n) is 3.58. The van der Waals surface area contributed by atoms with Crippen molar-refractivity contribution in [3.63, 3.8) is 0 Å². The van der Waals surface area contributed by atoms with Crippen LogP contribution in [0.4, 0.5) is 0 Å². The number of nitrogens with zero attached hydrogens (tertiary/aromatic N) is 2. The normalized spacial score (nSPS) is 14.2. The first kappa shape index (κ1) is 18.0. The van der Waals surface area contributed by atoms with Gasteiger partial charge in [0.15, 0.2) is 0 Å². The zero-order valence-corrected chi connectivity index (χ0v) is 16.3. The van der Waals surface area contributed by atoms with Gasteiger partial charge in [0.05, 0.1) is 11.3 Å². The molecule has 4 rings (SSSR count). The van der Waals surface area contributed by atoms with Crippen LogP contribution in [0.3, 0.4) is 0 Å². The first-order chi connectivity index (χ1) is 13.0. The Morgan fingerprint density at radius 3 is 2.70 bits per heavy atom. The number of aromatic amines is 1. The topological polar surface area (TPSA) is 49.0 Å². The van der Waals surface area contributed by atoms with Crippen molar-refractivity contribution in [2.75, 3.05) is 6.54 Å². The highest BCUT2D eigenvalue weighted by Crippen LogP contribution is 2.22. The number of nitrogens with one attached hydrogen (secondary N) is 1. The van der Waals surface area contributed by atoms with Gasteiger partial charge in [-0.3, -0.25) is 9.69 Å². The summed E-state index contributed by atoms with van der Waals surface area (Å²) in [5.41, 5.74) is 6.46. The molecule has 27 heavy (non-hydrogen) atoms. The van der Waals surface area contributed by atoms with Gasteiger partial charge in [0.1, 0.15) is 5.82 Å². The Bertz CT molecular complexity index is 1040. The summed E-state index contributed by atoms with van der Waals surface area (Å²) in [6.07, 6.45) is 0.782. The number of benzene rings is 2. The molecule has 1 N–H and O–H groups in total. The number of hydrogen-bond acceptors (Lipinski definition) is 3. The SMILES string of the molecule is Cc1cccc(CN2CCc3nc(-c4ccc(Cl)cc4)[nH]c(=O)c3C2)c1C. The largest absolute Gasteiger partial charge is 0.306 e. The molecule has 0 radical (unpaired) electrons. The maximum Gasteiger partial charge on any atom is 0.255 e. The van der Waals surface area contributed by atoms with E-state index in [0.29, 0.717) is 17.4 Å².